The van der Waals surface area contributed by atoms with Crippen molar-refractivity contribution in [2.75, 3.05) is 25.5 Å². The van der Waals surface area contributed by atoms with Gasteiger partial charge in [-0.15, -0.1) is 14.8 Å². The van der Waals surface area contributed by atoms with Crippen LogP contribution in [-0.4, -0.2) is 56.3 Å². The van der Waals surface area contributed by atoms with Crippen molar-refractivity contribution < 1.29 is 0 Å². The van der Waals surface area contributed by atoms with Crippen molar-refractivity contribution in [3.05, 3.63) is 12.1 Å². The summed E-state index contributed by atoms with van der Waals surface area (Å²) in [6, 6.07) is 4.56. The van der Waals surface area contributed by atoms with E-state index in [1.54, 1.807) is 0 Å². The van der Waals surface area contributed by atoms with Crippen molar-refractivity contribution in [2.24, 2.45) is 0 Å². The molecule has 0 aliphatic heterocycles. The fourth-order valence-electron chi connectivity index (χ4n) is 2.99. The Morgan fingerprint density at radius 2 is 2.14 bits per heavy atom. The standard InChI is InChI=1S/C14H23N7/c1-20(12-6-3-2-4-7-12)11-5-10-15-13-8-9-14-16-18-19-21(14)17-13/h8-9,12H,2-7,10-11H2,1H3,(H,15,17). The molecular formula is C14H23N7. The van der Waals surface area contributed by atoms with Gasteiger partial charge in [-0.05, 0) is 55.4 Å². The molecule has 3 rings (SSSR count). The predicted octanol–water partition coefficient (Wildman–Crippen LogP) is 1.59. The SMILES string of the molecule is CN(CCCNc1ccc2nnnn2n1)C1CCCCC1. The zero-order chi connectivity index (χ0) is 14.5. The Labute approximate surface area is 124 Å². The fourth-order valence-corrected chi connectivity index (χ4v) is 2.99. The summed E-state index contributed by atoms with van der Waals surface area (Å²) < 4.78 is 1.44. The molecule has 1 aliphatic rings. The molecule has 2 aromatic rings. The summed E-state index contributed by atoms with van der Waals surface area (Å²) in [5.74, 6) is 0.815. The predicted molar refractivity (Wildman–Crippen MR) is 81.2 cm³/mol. The number of nitrogens with zero attached hydrogens (tertiary/aromatic N) is 6. The Morgan fingerprint density at radius 1 is 1.29 bits per heavy atom. The van der Waals surface area contributed by atoms with Gasteiger partial charge in [0, 0.05) is 12.6 Å². The molecule has 0 unspecified atom stereocenters. The van der Waals surface area contributed by atoms with Crippen LogP contribution in [0.3, 0.4) is 0 Å². The third kappa shape index (κ3) is 3.66. The first kappa shape index (κ1) is 14.2. The molecule has 114 valence electrons. The van der Waals surface area contributed by atoms with E-state index in [9.17, 15) is 0 Å². The number of aromatic nitrogens is 5. The molecule has 0 atom stereocenters. The number of anilines is 1. The average molecular weight is 289 g/mol. The van der Waals surface area contributed by atoms with Crippen molar-refractivity contribution >= 4 is 11.5 Å². The topological polar surface area (TPSA) is 71.2 Å². The van der Waals surface area contributed by atoms with Crippen LogP contribution >= 0.6 is 0 Å². The lowest BCUT2D eigenvalue weighted by molar-refractivity contribution is 0.191. The van der Waals surface area contributed by atoms with E-state index in [4.69, 9.17) is 0 Å². The zero-order valence-corrected chi connectivity index (χ0v) is 12.6. The molecular weight excluding hydrogens is 266 g/mol. The number of hydrogen-bond acceptors (Lipinski definition) is 6. The quantitative estimate of drug-likeness (QED) is 0.814. The minimum atomic E-state index is 0.664. The van der Waals surface area contributed by atoms with Gasteiger partial charge in [0.15, 0.2) is 5.65 Å². The van der Waals surface area contributed by atoms with Gasteiger partial charge in [0.2, 0.25) is 0 Å². The highest BCUT2D eigenvalue weighted by molar-refractivity contribution is 5.41. The molecule has 2 aromatic heterocycles. The Kier molecular flexibility index (Phi) is 4.59. The lowest BCUT2D eigenvalue weighted by Gasteiger charge is -2.31. The first-order chi connectivity index (χ1) is 10.3. The monoisotopic (exact) mass is 289 g/mol. The second-order valence-electron chi connectivity index (χ2n) is 5.80. The van der Waals surface area contributed by atoms with E-state index in [0.29, 0.717) is 5.65 Å². The maximum absolute atomic E-state index is 4.30. The smallest absolute Gasteiger partial charge is 0.200 e. The number of fused-ring (bicyclic) bond motifs is 1. The van der Waals surface area contributed by atoms with Gasteiger partial charge in [0.05, 0.1) is 0 Å². The number of nitrogens with one attached hydrogen (secondary N) is 1. The summed E-state index contributed by atoms with van der Waals surface area (Å²) in [6.07, 6.45) is 8.04. The van der Waals surface area contributed by atoms with E-state index in [1.807, 2.05) is 12.1 Å². The van der Waals surface area contributed by atoms with Crippen molar-refractivity contribution in [2.45, 2.75) is 44.6 Å². The molecule has 0 radical (unpaired) electrons. The molecule has 0 amide bonds. The number of hydrogen-bond donors (Lipinski definition) is 1. The van der Waals surface area contributed by atoms with Gasteiger partial charge in [0.1, 0.15) is 5.82 Å². The van der Waals surface area contributed by atoms with E-state index in [1.165, 1.54) is 36.7 Å². The van der Waals surface area contributed by atoms with Gasteiger partial charge in [-0.3, -0.25) is 0 Å². The molecule has 1 N–H and O–H groups in total. The maximum atomic E-state index is 4.30. The third-order valence-corrected chi connectivity index (χ3v) is 4.26. The largest absolute Gasteiger partial charge is 0.369 e. The Hall–Kier alpha value is -1.76. The van der Waals surface area contributed by atoms with Crippen LogP contribution < -0.4 is 5.32 Å². The minimum absolute atomic E-state index is 0.664. The summed E-state index contributed by atoms with van der Waals surface area (Å²) in [4.78, 5) is 2.51. The molecule has 1 saturated carbocycles. The lowest BCUT2D eigenvalue weighted by Crippen LogP contribution is -2.34. The first-order valence-electron chi connectivity index (χ1n) is 7.82. The van der Waals surface area contributed by atoms with Gasteiger partial charge >= 0.3 is 0 Å². The highest BCUT2D eigenvalue weighted by atomic mass is 15.6. The highest BCUT2D eigenvalue weighted by Gasteiger charge is 2.17. The van der Waals surface area contributed by atoms with Gasteiger partial charge in [-0.2, -0.15) is 0 Å². The van der Waals surface area contributed by atoms with Crippen LogP contribution in [0.5, 0.6) is 0 Å². The van der Waals surface area contributed by atoms with Crippen LogP contribution in [0.2, 0.25) is 0 Å². The van der Waals surface area contributed by atoms with E-state index >= 15 is 0 Å². The Morgan fingerprint density at radius 3 is 3.00 bits per heavy atom. The van der Waals surface area contributed by atoms with Crippen molar-refractivity contribution in [3.8, 4) is 0 Å². The Balaban J connectivity index is 1.41. The van der Waals surface area contributed by atoms with E-state index in [0.717, 1.165) is 31.4 Å². The molecule has 0 aromatic carbocycles. The number of tetrazole rings is 1. The highest BCUT2D eigenvalue weighted by Crippen LogP contribution is 2.21. The molecule has 0 saturated heterocycles. The second kappa shape index (κ2) is 6.80. The van der Waals surface area contributed by atoms with Crippen molar-refractivity contribution in [1.29, 1.82) is 0 Å². The molecule has 0 bridgehead atoms. The fraction of sp³-hybridized carbons (Fsp3) is 0.714. The normalized spacial score (nSPS) is 16.7. The van der Waals surface area contributed by atoms with Crippen LogP contribution in [0.15, 0.2) is 12.1 Å². The van der Waals surface area contributed by atoms with Crippen LogP contribution in [0, 0.1) is 0 Å². The maximum Gasteiger partial charge on any atom is 0.200 e. The molecule has 7 nitrogen and oxygen atoms in total. The van der Waals surface area contributed by atoms with E-state index in [2.05, 4.69) is 37.9 Å². The zero-order valence-electron chi connectivity index (χ0n) is 12.6. The average Bonchev–Trinajstić information content (AvgIpc) is 3.00. The van der Waals surface area contributed by atoms with E-state index in [-0.39, 0.29) is 0 Å². The minimum Gasteiger partial charge on any atom is -0.369 e. The van der Waals surface area contributed by atoms with Crippen LogP contribution in [0.4, 0.5) is 5.82 Å². The first-order valence-corrected chi connectivity index (χ1v) is 7.82. The summed E-state index contributed by atoms with van der Waals surface area (Å²) in [5.41, 5.74) is 0.664. The molecule has 1 aliphatic carbocycles. The lowest BCUT2D eigenvalue weighted by atomic mass is 9.94. The Bertz CT molecular complexity index is 561. The van der Waals surface area contributed by atoms with Gasteiger partial charge in [0.25, 0.3) is 0 Å². The van der Waals surface area contributed by atoms with Crippen molar-refractivity contribution in [1.82, 2.24) is 30.2 Å². The summed E-state index contributed by atoms with van der Waals surface area (Å²) in [6.45, 7) is 2.04. The third-order valence-electron chi connectivity index (χ3n) is 4.26. The van der Waals surface area contributed by atoms with Crippen molar-refractivity contribution in [3.63, 3.8) is 0 Å². The molecule has 2 heterocycles. The summed E-state index contributed by atoms with van der Waals surface area (Å²) >= 11 is 0. The second-order valence-corrected chi connectivity index (χ2v) is 5.80. The molecule has 7 heteroatoms. The van der Waals surface area contributed by atoms with Crippen LogP contribution in [0.1, 0.15) is 38.5 Å². The molecule has 21 heavy (non-hydrogen) atoms. The van der Waals surface area contributed by atoms with E-state index < -0.39 is 0 Å². The summed E-state index contributed by atoms with van der Waals surface area (Å²) in [7, 11) is 2.25. The van der Waals surface area contributed by atoms with Crippen LogP contribution in [0.25, 0.3) is 5.65 Å². The van der Waals surface area contributed by atoms with Gasteiger partial charge in [-0.25, -0.2) is 0 Å². The molecule has 0 spiro atoms. The number of rotatable bonds is 6. The van der Waals surface area contributed by atoms with Gasteiger partial charge in [-0.1, -0.05) is 19.3 Å². The van der Waals surface area contributed by atoms with Gasteiger partial charge < -0.3 is 10.2 Å². The molecule has 1 fully saturated rings. The summed E-state index contributed by atoms with van der Waals surface area (Å²) in [5, 5.41) is 18.8. The van der Waals surface area contributed by atoms with Crippen LogP contribution in [-0.2, 0) is 0 Å².